The summed E-state index contributed by atoms with van der Waals surface area (Å²) in [5.41, 5.74) is 1.88. The van der Waals surface area contributed by atoms with Crippen LogP contribution in [0.5, 0.6) is 0 Å². The van der Waals surface area contributed by atoms with Crippen molar-refractivity contribution in [2.24, 2.45) is 12.0 Å². The maximum atomic E-state index is 9.99. The summed E-state index contributed by atoms with van der Waals surface area (Å²) < 4.78 is 1.71. The monoisotopic (exact) mass is 165 g/mol. The van der Waals surface area contributed by atoms with Crippen molar-refractivity contribution < 1.29 is 4.79 Å². The highest BCUT2D eigenvalue weighted by molar-refractivity contribution is 5.35. The van der Waals surface area contributed by atoms with Gasteiger partial charge in [0.05, 0.1) is 11.7 Å². The number of aromatic nitrogens is 2. The van der Waals surface area contributed by atoms with Crippen LogP contribution in [-0.2, 0) is 11.8 Å². The number of isocyanates is 1. The van der Waals surface area contributed by atoms with E-state index in [0.29, 0.717) is 0 Å². The molecule has 0 spiro atoms. The number of hydrogen-bond acceptors (Lipinski definition) is 3. The minimum absolute atomic E-state index is 0.142. The lowest BCUT2D eigenvalue weighted by Crippen LogP contribution is -1.89. The van der Waals surface area contributed by atoms with E-state index in [9.17, 15) is 4.79 Å². The van der Waals surface area contributed by atoms with Gasteiger partial charge in [0.1, 0.15) is 0 Å². The minimum Gasteiger partial charge on any atom is -0.275 e. The van der Waals surface area contributed by atoms with Crippen LogP contribution < -0.4 is 0 Å². The Balaban J connectivity index is 3.01. The molecule has 0 aliphatic rings. The second-order valence-corrected chi connectivity index (χ2v) is 2.74. The third-order valence-electron chi connectivity index (χ3n) is 1.75. The first-order chi connectivity index (χ1) is 5.65. The molecule has 1 atom stereocenters. The molecule has 1 aromatic rings. The first-order valence-electron chi connectivity index (χ1n) is 3.72. The molecule has 1 unspecified atom stereocenters. The molecule has 0 saturated carbocycles. The zero-order valence-corrected chi connectivity index (χ0v) is 7.40. The van der Waals surface area contributed by atoms with Crippen LogP contribution in [0.3, 0.4) is 0 Å². The molecule has 0 radical (unpaired) electrons. The van der Waals surface area contributed by atoms with Crippen LogP contribution in [0.4, 0.5) is 0 Å². The zero-order chi connectivity index (χ0) is 9.14. The maximum Gasteiger partial charge on any atom is 0.235 e. The summed E-state index contributed by atoms with van der Waals surface area (Å²) >= 11 is 0. The van der Waals surface area contributed by atoms with Crippen LogP contribution in [0.2, 0.25) is 0 Å². The van der Waals surface area contributed by atoms with Gasteiger partial charge in [-0.3, -0.25) is 4.68 Å². The fraction of sp³-hybridized carbons (Fsp3) is 0.500. The van der Waals surface area contributed by atoms with Crippen LogP contribution in [0.15, 0.2) is 11.2 Å². The summed E-state index contributed by atoms with van der Waals surface area (Å²) in [6.45, 7) is 3.74. The number of hydrogen-bond donors (Lipinski definition) is 0. The molecule has 1 heterocycles. The number of aryl methyl sites for hydroxylation is 2. The number of nitrogens with zero attached hydrogens (tertiary/aromatic N) is 3. The van der Waals surface area contributed by atoms with Crippen molar-refractivity contribution in [1.82, 2.24) is 9.78 Å². The molecule has 0 bridgehead atoms. The van der Waals surface area contributed by atoms with E-state index in [0.717, 1.165) is 11.3 Å². The van der Waals surface area contributed by atoms with Gasteiger partial charge in [-0.05, 0) is 13.8 Å². The van der Waals surface area contributed by atoms with Gasteiger partial charge in [-0.1, -0.05) is 0 Å². The maximum absolute atomic E-state index is 9.99. The van der Waals surface area contributed by atoms with Crippen molar-refractivity contribution in [3.05, 3.63) is 17.5 Å². The van der Waals surface area contributed by atoms with E-state index in [1.165, 1.54) is 0 Å². The molecule has 0 N–H and O–H groups in total. The van der Waals surface area contributed by atoms with Crippen molar-refractivity contribution in [3.8, 4) is 0 Å². The van der Waals surface area contributed by atoms with Crippen molar-refractivity contribution in [2.75, 3.05) is 0 Å². The highest BCUT2D eigenvalue weighted by Gasteiger charge is 2.09. The van der Waals surface area contributed by atoms with Crippen molar-refractivity contribution in [3.63, 3.8) is 0 Å². The van der Waals surface area contributed by atoms with Crippen LogP contribution >= 0.6 is 0 Å². The molecule has 0 aliphatic carbocycles. The molecule has 0 fully saturated rings. The SMILES string of the molecule is Cc1nn(C)cc1C(C)N=C=O. The molecule has 64 valence electrons. The van der Waals surface area contributed by atoms with E-state index in [2.05, 4.69) is 10.1 Å². The second kappa shape index (κ2) is 3.32. The van der Waals surface area contributed by atoms with E-state index in [-0.39, 0.29) is 6.04 Å². The summed E-state index contributed by atoms with van der Waals surface area (Å²) in [6, 6.07) is -0.142. The lowest BCUT2D eigenvalue weighted by Gasteiger charge is -1.99. The first-order valence-corrected chi connectivity index (χ1v) is 3.72. The average molecular weight is 165 g/mol. The van der Waals surface area contributed by atoms with Gasteiger partial charge in [0.2, 0.25) is 6.08 Å². The number of carbonyl (C=O) groups excluding carboxylic acids is 1. The summed E-state index contributed by atoms with van der Waals surface area (Å²) in [6.07, 6.45) is 3.40. The van der Waals surface area contributed by atoms with Gasteiger partial charge < -0.3 is 0 Å². The Kier molecular flexibility index (Phi) is 2.41. The third kappa shape index (κ3) is 1.60. The van der Waals surface area contributed by atoms with E-state index >= 15 is 0 Å². The highest BCUT2D eigenvalue weighted by Crippen LogP contribution is 2.18. The van der Waals surface area contributed by atoms with Gasteiger partial charge in [0.15, 0.2) is 0 Å². The topological polar surface area (TPSA) is 47.2 Å². The molecule has 0 amide bonds. The smallest absolute Gasteiger partial charge is 0.235 e. The van der Waals surface area contributed by atoms with Crippen LogP contribution in [0, 0.1) is 6.92 Å². The third-order valence-corrected chi connectivity index (χ3v) is 1.75. The first kappa shape index (κ1) is 8.68. The van der Waals surface area contributed by atoms with Crippen molar-refractivity contribution in [1.29, 1.82) is 0 Å². The summed E-state index contributed by atoms with van der Waals surface area (Å²) in [7, 11) is 1.84. The molecule has 0 saturated heterocycles. The van der Waals surface area contributed by atoms with Crippen molar-refractivity contribution in [2.45, 2.75) is 19.9 Å². The molecule has 1 rings (SSSR count). The lowest BCUT2D eigenvalue weighted by atomic mass is 10.1. The normalized spacial score (nSPS) is 12.2. The van der Waals surface area contributed by atoms with Gasteiger partial charge in [-0.2, -0.15) is 10.1 Å². The van der Waals surface area contributed by atoms with Gasteiger partial charge in [0, 0.05) is 18.8 Å². The summed E-state index contributed by atoms with van der Waals surface area (Å²) in [5, 5.41) is 4.14. The molecule has 12 heavy (non-hydrogen) atoms. The van der Waals surface area contributed by atoms with Gasteiger partial charge in [-0.25, -0.2) is 4.79 Å². The van der Waals surface area contributed by atoms with Crippen LogP contribution in [0.25, 0.3) is 0 Å². The predicted molar refractivity (Wildman–Crippen MR) is 44.5 cm³/mol. The fourth-order valence-corrected chi connectivity index (χ4v) is 1.18. The Morgan fingerprint density at radius 1 is 1.75 bits per heavy atom. The average Bonchev–Trinajstić information content (AvgIpc) is 2.30. The Labute approximate surface area is 70.9 Å². The highest BCUT2D eigenvalue weighted by atomic mass is 16.1. The zero-order valence-electron chi connectivity index (χ0n) is 7.40. The predicted octanol–water partition coefficient (Wildman–Crippen LogP) is 1.13. The number of aliphatic imine (C=N–C) groups is 1. The van der Waals surface area contributed by atoms with Crippen molar-refractivity contribution >= 4 is 6.08 Å². The molecule has 0 aromatic carbocycles. The van der Waals surface area contributed by atoms with Gasteiger partial charge in [0.25, 0.3) is 0 Å². The molecular weight excluding hydrogens is 154 g/mol. The largest absolute Gasteiger partial charge is 0.275 e. The molecule has 0 aliphatic heterocycles. The second-order valence-electron chi connectivity index (χ2n) is 2.74. The van der Waals surface area contributed by atoms with E-state index < -0.39 is 0 Å². The Morgan fingerprint density at radius 3 is 2.83 bits per heavy atom. The Hall–Kier alpha value is -1.41. The molecule has 4 nitrogen and oxygen atoms in total. The fourth-order valence-electron chi connectivity index (χ4n) is 1.18. The molecule has 4 heteroatoms. The van der Waals surface area contributed by atoms with E-state index in [4.69, 9.17) is 0 Å². The minimum atomic E-state index is -0.142. The van der Waals surface area contributed by atoms with Gasteiger partial charge in [-0.15, -0.1) is 0 Å². The molecule has 1 aromatic heterocycles. The lowest BCUT2D eigenvalue weighted by molar-refractivity contribution is 0.559. The Bertz CT molecular complexity index is 323. The van der Waals surface area contributed by atoms with Crippen LogP contribution in [-0.4, -0.2) is 15.9 Å². The standard InChI is InChI=1S/C8H11N3O/c1-6(9-5-12)8-4-11(3)10-7(8)2/h4,6H,1-3H3. The summed E-state index contributed by atoms with van der Waals surface area (Å²) in [4.78, 5) is 13.6. The quantitative estimate of drug-likeness (QED) is 0.487. The Morgan fingerprint density at radius 2 is 2.42 bits per heavy atom. The summed E-state index contributed by atoms with van der Waals surface area (Å²) in [5.74, 6) is 0. The van der Waals surface area contributed by atoms with E-state index in [1.807, 2.05) is 27.1 Å². The molecular formula is C8H11N3O. The van der Waals surface area contributed by atoms with Gasteiger partial charge >= 0.3 is 0 Å². The van der Waals surface area contributed by atoms with Crippen LogP contribution in [0.1, 0.15) is 24.2 Å². The van der Waals surface area contributed by atoms with E-state index in [1.54, 1.807) is 10.8 Å². The number of rotatable bonds is 2.